The van der Waals surface area contributed by atoms with Gasteiger partial charge in [0.05, 0.1) is 10.2 Å². The number of nitrogens with zero attached hydrogens (tertiary/aromatic N) is 1. The van der Waals surface area contributed by atoms with Crippen molar-refractivity contribution in [3.63, 3.8) is 0 Å². The van der Waals surface area contributed by atoms with E-state index in [4.69, 9.17) is 23.2 Å². The van der Waals surface area contributed by atoms with Gasteiger partial charge in [-0.1, -0.05) is 41.4 Å². The van der Waals surface area contributed by atoms with Gasteiger partial charge in [-0.3, -0.25) is 0 Å². The Hall–Kier alpha value is -1.13. The van der Waals surface area contributed by atoms with Crippen LogP contribution in [0.3, 0.4) is 0 Å². The summed E-state index contributed by atoms with van der Waals surface area (Å²) in [5.74, 6) is 0. The molecule has 1 N–H and O–H groups in total. The molecule has 3 aromatic rings. The standard InChI is InChI=1S/C14H9Cl2NOS/c15-8-5-6-9(10(16)7-8)13(18)14-17-11-3-1-2-4-12(11)19-14/h1-7,13,18H. The van der Waals surface area contributed by atoms with E-state index >= 15 is 0 Å². The fourth-order valence-corrected chi connectivity index (χ4v) is 3.35. The second-order valence-electron chi connectivity index (χ2n) is 4.09. The molecular weight excluding hydrogens is 301 g/mol. The van der Waals surface area contributed by atoms with E-state index in [1.54, 1.807) is 18.2 Å². The number of fused-ring (bicyclic) bond motifs is 1. The Kier molecular flexibility index (Phi) is 3.46. The van der Waals surface area contributed by atoms with Gasteiger partial charge in [0.25, 0.3) is 0 Å². The molecule has 0 radical (unpaired) electrons. The highest BCUT2D eigenvalue weighted by atomic mass is 35.5. The predicted octanol–water partition coefficient (Wildman–Crippen LogP) is 4.68. The van der Waals surface area contributed by atoms with Crippen LogP contribution in [0.2, 0.25) is 10.0 Å². The molecule has 96 valence electrons. The van der Waals surface area contributed by atoms with Crippen LogP contribution in [0, 0.1) is 0 Å². The molecule has 2 nitrogen and oxygen atoms in total. The Bertz CT molecular complexity index is 708. The van der Waals surface area contributed by atoms with Gasteiger partial charge < -0.3 is 5.11 Å². The highest BCUT2D eigenvalue weighted by Crippen LogP contribution is 2.34. The zero-order valence-electron chi connectivity index (χ0n) is 9.68. The molecule has 0 aliphatic heterocycles. The van der Waals surface area contributed by atoms with Crippen molar-refractivity contribution in [2.75, 3.05) is 0 Å². The largest absolute Gasteiger partial charge is 0.381 e. The van der Waals surface area contributed by atoms with Gasteiger partial charge in [0.1, 0.15) is 11.1 Å². The summed E-state index contributed by atoms with van der Waals surface area (Å²) in [5.41, 5.74) is 1.50. The number of halogens is 2. The van der Waals surface area contributed by atoms with Gasteiger partial charge >= 0.3 is 0 Å². The summed E-state index contributed by atoms with van der Waals surface area (Å²) in [6.45, 7) is 0. The molecule has 19 heavy (non-hydrogen) atoms. The molecule has 0 saturated carbocycles. The average molecular weight is 310 g/mol. The van der Waals surface area contributed by atoms with E-state index in [-0.39, 0.29) is 0 Å². The van der Waals surface area contributed by atoms with E-state index in [1.807, 2.05) is 24.3 Å². The summed E-state index contributed by atoms with van der Waals surface area (Å²) in [5, 5.41) is 12.0. The maximum Gasteiger partial charge on any atom is 0.132 e. The monoisotopic (exact) mass is 309 g/mol. The number of hydrogen-bond donors (Lipinski definition) is 1. The van der Waals surface area contributed by atoms with Crippen molar-refractivity contribution in [1.29, 1.82) is 0 Å². The van der Waals surface area contributed by atoms with Gasteiger partial charge in [0, 0.05) is 15.6 Å². The number of thiazole rings is 1. The van der Waals surface area contributed by atoms with Crippen LogP contribution in [-0.4, -0.2) is 10.1 Å². The fourth-order valence-electron chi connectivity index (χ4n) is 1.86. The van der Waals surface area contributed by atoms with Crippen molar-refractivity contribution >= 4 is 44.8 Å². The van der Waals surface area contributed by atoms with E-state index in [0.717, 1.165) is 10.2 Å². The minimum Gasteiger partial charge on any atom is -0.381 e. The highest BCUT2D eigenvalue weighted by Gasteiger charge is 2.18. The zero-order chi connectivity index (χ0) is 13.4. The molecule has 0 bridgehead atoms. The summed E-state index contributed by atoms with van der Waals surface area (Å²) in [4.78, 5) is 4.43. The number of rotatable bonds is 2. The zero-order valence-corrected chi connectivity index (χ0v) is 12.0. The van der Waals surface area contributed by atoms with Crippen molar-refractivity contribution in [3.05, 3.63) is 63.1 Å². The molecule has 2 aromatic carbocycles. The second kappa shape index (κ2) is 5.10. The number of aromatic nitrogens is 1. The van der Waals surface area contributed by atoms with E-state index < -0.39 is 6.10 Å². The predicted molar refractivity (Wildman–Crippen MR) is 80.1 cm³/mol. The van der Waals surface area contributed by atoms with Crippen LogP contribution < -0.4 is 0 Å². The van der Waals surface area contributed by atoms with E-state index in [9.17, 15) is 5.11 Å². The van der Waals surface area contributed by atoms with Crippen molar-refractivity contribution in [2.24, 2.45) is 0 Å². The third-order valence-electron chi connectivity index (χ3n) is 2.80. The molecule has 0 saturated heterocycles. The van der Waals surface area contributed by atoms with Gasteiger partial charge in [-0.25, -0.2) is 4.98 Å². The van der Waals surface area contributed by atoms with Crippen LogP contribution in [-0.2, 0) is 0 Å². The first-order valence-corrected chi connectivity index (χ1v) is 7.21. The van der Waals surface area contributed by atoms with Crippen molar-refractivity contribution in [3.8, 4) is 0 Å². The first kappa shape index (κ1) is 12.9. The SMILES string of the molecule is OC(c1nc2ccccc2s1)c1ccc(Cl)cc1Cl. The Labute approximate surface area is 124 Å². The van der Waals surface area contributed by atoms with Crippen LogP contribution in [0.5, 0.6) is 0 Å². The molecule has 0 aliphatic rings. The quantitative estimate of drug-likeness (QED) is 0.745. The van der Waals surface area contributed by atoms with Crippen molar-refractivity contribution in [1.82, 2.24) is 4.98 Å². The summed E-state index contributed by atoms with van der Waals surface area (Å²) < 4.78 is 1.04. The molecule has 1 heterocycles. The summed E-state index contributed by atoms with van der Waals surface area (Å²) >= 11 is 13.4. The lowest BCUT2D eigenvalue weighted by molar-refractivity contribution is 0.220. The Balaban J connectivity index is 2.05. The third kappa shape index (κ3) is 2.47. The van der Waals surface area contributed by atoms with E-state index in [2.05, 4.69) is 4.98 Å². The third-order valence-corrected chi connectivity index (χ3v) is 4.45. The van der Waals surface area contributed by atoms with Crippen LogP contribution in [0.4, 0.5) is 0 Å². The number of para-hydroxylation sites is 1. The van der Waals surface area contributed by atoms with E-state index in [1.165, 1.54) is 11.3 Å². The molecule has 0 aliphatic carbocycles. The van der Waals surface area contributed by atoms with Crippen LogP contribution in [0.1, 0.15) is 16.7 Å². The van der Waals surface area contributed by atoms with Gasteiger partial charge in [-0.05, 0) is 24.3 Å². The van der Waals surface area contributed by atoms with E-state index in [0.29, 0.717) is 20.6 Å². The second-order valence-corrected chi connectivity index (χ2v) is 5.99. The smallest absolute Gasteiger partial charge is 0.132 e. The Morgan fingerprint density at radius 1 is 1.11 bits per heavy atom. The number of aliphatic hydroxyl groups is 1. The van der Waals surface area contributed by atoms with Crippen LogP contribution in [0.15, 0.2) is 42.5 Å². The molecule has 1 aromatic heterocycles. The maximum absolute atomic E-state index is 10.4. The van der Waals surface area contributed by atoms with Crippen molar-refractivity contribution < 1.29 is 5.11 Å². The molecule has 0 amide bonds. The summed E-state index contributed by atoms with van der Waals surface area (Å²) in [6.07, 6.45) is -0.831. The summed E-state index contributed by atoms with van der Waals surface area (Å²) in [6, 6.07) is 12.8. The molecule has 1 atom stereocenters. The molecular formula is C14H9Cl2NOS. The molecule has 5 heteroatoms. The lowest BCUT2D eigenvalue weighted by Crippen LogP contribution is -1.99. The lowest BCUT2D eigenvalue weighted by Gasteiger charge is -2.09. The first-order valence-electron chi connectivity index (χ1n) is 5.63. The topological polar surface area (TPSA) is 33.1 Å². The van der Waals surface area contributed by atoms with Gasteiger partial charge in [-0.15, -0.1) is 11.3 Å². The van der Waals surface area contributed by atoms with Gasteiger partial charge in [-0.2, -0.15) is 0 Å². The number of benzene rings is 2. The normalized spacial score (nSPS) is 12.8. The number of aliphatic hydroxyl groups excluding tert-OH is 1. The van der Waals surface area contributed by atoms with Crippen molar-refractivity contribution in [2.45, 2.75) is 6.10 Å². The van der Waals surface area contributed by atoms with Crippen LogP contribution >= 0.6 is 34.5 Å². The first-order chi connectivity index (χ1) is 9.15. The molecule has 0 spiro atoms. The van der Waals surface area contributed by atoms with Crippen LogP contribution in [0.25, 0.3) is 10.2 Å². The molecule has 1 unspecified atom stereocenters. The highest BCUT2D eigenvalue weighted by molar-refractivity contribution is 7.18. The Morgan fingerprint density at radius 3 is 2.63 bits per heavy atom. The number of hydrogen-bond acceptors (Lipinski definition) is 3. The fraction of sp³-hybridized carbons (Fsp3) is 0.0714. The lowest BCUT2D eigenvalue weighted by atomic mass is 10.1. The Morgan fingerprint density at radius 2 is 1.89 bits per heavy atom. The minimum absolute atomic E-state index is 0.444. The average Bonchev–Trinajstić information content (AvgIpc) is 2.81. The van der Waals surface area contributed by atoms with Gasteiger partial charge in [0.2, 0.25) is 0 Å². The molecule has 0 fully saturated rings. The maximum atomic E-state index is 10.4. The molecule has 3 rings (SSSR count). The summed E-state index contributed by atoms with van der Waals surface area (Å²) in [7, 11) is 0. The minimum atomic E-state index is -0.831. The van der Waals surface area contributed by atoms with Gasteiger partial charge in [0.15, 0.2) is 0 Å².